The van der Waals surface area contributed by atoms with Crippen molar-refractivity contribution in [3.8, 4) is 0 Å². The van der Waals surface area contributed by atoms with E-state index in [4.69, 9.17) is 0 Å². The molecule has 0 saturated heterocycles. The summed E-state index contributed by atoms with van der Waals surface area (Å²) in [5.74, 6) is 0.939. The largest absolute Gasteiger partial charge is 0.0845 e. The monoisotopic (exact) mass is 204 g/mol. The summed E-state index contributed by atoms with van der Waals surface area (Å²) in [6.07, 6.45) is 21.3. The lowest BCUT2D eigenvalue weighted by molar-refractivity contribution is 0.509. The van der Waals surface area contributed by atoms with E-state index in [-0.39, 0.29) is 0 Å². The van der Waals surface area contributed by atoms with Crippen LogP contribution in [0.1, 0.15) is 64.2 Å². The Labute approximate surface area is 94.5 Å². The Hall–Kier alpha value is -0.520. The molecule has 0 heterocycles. The lowest BCUT2D eigenvalue weighted by Gasteiger charge is -2.12. The van der Waals surface area contributed by atoms with Crippen molar-refractivity contribution < 1.29 is 0 Å². The molecule has 15 heavy (non-hydrogen) atoms. The van der Waals surface area contributed by atoms with Crippen LogP contribution in [0.25, 0.3) is 0 Å². The normalized spacial score (nSPS) is 34.4. The van der Waals surface area contributed by atoms with Gasteiger partial charge in [-0.15, -0.1) is 0 Å². The van der Waals surface area contributed by atoms with E-state index in [0.29, 0.717) is 0 Å². The fourth-order valence-corrected chi connectivity index (χ4v) is 2.96. The summed E-state index contributed by atoms with van der Waals surface area (Å²) in [4.78, 5) is 0. The Morgan fingerprint density at radius 1 is 0.867 bits per heavy atom. The van der Waals surface area contributed by atoms with Crippen molar-refractivity contribution in [2.24, 2.45) is 5.92 Å². The summed E-state index contributed by atoms with van der Waals surface area (Å²) in [6, 6.07) is 0. The summed E-state index contributed by atoms with van der Waals surface area (Å²) in [5.41, 5.74) is 1.74. The van der Waals surface area contributed by atoms with Crippen LogP contribution in [0.3, 0.4) is 0 Å². The quantitative estimate of drug-likeness (QED) is 0.520. The summed E-state index contributed by atoms with van der Waals surface area (Å²) in [6.45, 7) is 0. The van der Waals surface area contributed by atoms with Crippen molar-refractivity contribution in [3.05, 3.63) is 23.8 Å². The van der Waals surface area contributed by atoms with Crippen LogP contribution in [0.15, 0.2) is 23.8 Å². The minimum atomic E-state index is 0.939. The van der Waals surface area contributed by atoms with E-state index in [2.05, 4.69) is 18.2 Å². The molecule has 0 aliphatic heterocycles. The fourth-order valence-electron chi connectivity index (χ4n) is 2.96. The molecular formula is C15H24. The average Bonchev–Trinajstić information content (AvgIpc) is 2.65. The first kappa shape index (κ1) is 11.0. The van der Waals surface area contributed by atoms with E-state index < -0.39 is 0 Å². The zero-order chi connectivity index (χ0) is 10.3. The Morgan fingerprint density at radius 2 is 1.67 bits per heavy atom. The third-order valence-corrected chi connectivity index (χ3v) is 3.91. The van der Waals surface area contributed by atoms with Gasteiger partial charge in [-0.3, -0.25) is 0 Å². The zero-order valence-electron chi connectivity index (χ0n) is 9.88. The number of rotatable bonds is 0. The molecule has 0 amide bonds. The Morgan fingerprint density at radius 3 is 2.67 bits per heavy atom. The minimum absolute atomic E-state index is 0.939. The van der Waals surface area contributed by atoms with Gasteiger partial charge >= 0.3 is 0 Å². The average molecular weight is 204 g/mol. The lowest BCUT2D eigenvalue weighted by atomic mass is 9.94. The van der Waals surface area contributed by atoms with Crippen LogP contribution >= 0.6 is 0 Å². The molecule has 0 nitrogen and oxygen atoms in total. The number of hydrogen-bond donors (Lipinski definition) is 0. The van der Waals surface area contributed by atoms with Crippen LogP contribution in [-0.4, -0.2) is 0 Å². The second kappa shape index (κ2) is 6.15. The molecule has 1 atom stereocenters. The molecule has 1 unspecified atom stereocenters. The first-order valence-corrected chi connectivity index (χ1v) is 6.82. The van der Waals surface area contributed by atoms with Gasteiger partial charge in [0.1, 0.15) is 0 Å². The molecule has 84 valence electrons. The third-order valence-electron chi connectivity index (χ3n) is 3.91. The maximum Gasteiger partial charge on any atom is -0.0200 e. The molecule has 2 aliphatic rings. The van der Waals surface area contributed by atoms with E-state index in [1.165, 1.54) is 64.2 Å². The number of hydrogen-bond acceptors (Lipinski definition) is 0. The summed E-state index contributed by atoms with van der Waals surface area (Å²) in [7, 11) is 0. The maximum absolute atomic E-state index is 2.42. The van der Waals surface area contributed by atoms with Gasteiger partial charge in [0.05, 0.1) is 0 Å². The van der Waals surface area contributed by atoms with Gasteiger partial charge in [0.2, 0.25) is 0 Å². The van der Waals surface area contributed by atoms with Crippen molar-refractivity contribution >= 4 is 0 Å². The minimum Gasteiger partial charge on any atom is -0.0845 e. The first-order chi connectivity index (χ1) is 7.47. The van der Waals surface area contributed by atoms with E-state index >= 15 is 0 Å². The highest BCUT2D eigenvalue weighted by Gasteiger charge is 2.19. The Bertz CT molecular complexity index is 234. The second-order valence-corrected chi connectivity index (χ2v) is 5.10. The summed E-state index contributed by atoms with van der Waals surface area (Å²) < 4.78 is 0. The molecule has 2 aliphatic carbocycles. The molecule has 0 N–H and O–H groups in total. The van der Waals surface area contributed by atoms with Crippen molar-refractivity contribution in [1.82, 2.24) is 0 Å². The van der Waals surface area contributed by atoms with E-state index in [1.807, 2.05) is 0 Å². The number of allylic oxidation sites excluding steroid dienone is 4. The predicted molar refractivity (Wildman–Crippen MR) is 66.9 cm³/mol. The molecule has 0 aromatic rings. The zero-order valence-corrected chi connectivity index (χ0v) is 9.88. The van der Waals surface area contributed by atoms with Crippen LogP contribution < -0.4 is 0 Å². The molecule has 1 saturated carbocycles. The highest BCUT2D eigenvalue weighted by atomic mass is 14.2. The van der Waals surface area contributed by atoms with E-state index in [0.717, 1.165) is 5.92 Å². The summed E-state index contributed by atoms with van der Waals surface area (Å²) >= 11 is 0. The van der Waals surface area contributed by atoms with Crippen molar-refractivity contribution in [2.45, 2.75) is 64.2 Å². The molecular weight excluding hydrogens is 180 g/mol. The van der Waals surface area contributed by atoms with E-state index in [1.54, 1.807) is 5.57 Å². The van der Waals surface area contributed by atoms with Gasteiger partial charge in [0.15, 0.2) is 0 Å². The first-order valence-electron chi connectivity index (χ1n) is 6.82. The predicted octanol–water partition coefficient (Wildman–Crippen LogP) is 5.01. The molecule has 0 aromatic heterocycles. The molecule has 0 aromatic carbocycles. The van der Waals surface area contributed by atoms with Crippen molar-refractivity contribution in [3.63, 3.8) is 0 Å². The van der Waals surface area contributed by atoms with Crippen LogP contribution in [0.5, 0.6) is 0 Å². The van der Waals surface area contributed by atoms with Gasteiger partial charge in [-0.25, -0.2) is 0 Å². The van der Waals surface area contributed by atoms with Crippen LogP contribution in [0, 0.1) is 5.92 Å². The lowest BCUT2D eigenvalue weighted by Crippen LogP contribution is -1.97. The highest BCUT2D eigenvalue weighted by molar-refractivity contribution is 5.18. The van der Waals surface area contributed by atoms with Gasteiger partial charge < -0.3 is 0 Å². The SMILES string of the molecule is C1=C\CCCCCCCC2CCC/C2=C/1. The molecule has 0 radical (unpaired) electrons. The van der Waals surface area contributed by atoms with Gasteiger partial charge in [0, 0.05) is 0 Å². The van der Waals surface area contributed by atoms with Crippen molar-refractivity contribution in [2.75, 3.05) is 0 Å². The molecule has 0 spiro atoms. The Kier molecular flexibility index (Phi) is 4.50. The molecule has 0 heteroatoms. The van der Waals surface area contributed by atoms with Crippen molar-refractivity contribution in [1.29, 1.82) is 0 Å². The van der Waals surface area contributed by atoms with Crippen LogP contribution in [-0.2, 0) is 0 Å². The number of fused-ring (bicyclic) bond motifs is 1. The van der Waals surface area contributed by atoms with Gasteiger partial charge in [0.25, 0.3) is 0 Å². The highest BCUT2D eigenvalue weighted by Crippen LogP contribution is 2.35. The molecule has 2 rings (SSSR count). The second-order valence-electron chi connectivity index (χ2n) is 5.10. The van der Waals surface area contributed by atoms with Gasteiger partial charge in [-0.1, -0.05) is 49.5 Å². The topological polar surface area (TPSA) is 0 Å². The standard InChI is InChI=1S/C15H24/c1-2-4-6-8-11-15-13-9-12-14(15)10-7-5-3-1/h5,7,10,15H,1-4,6,8-9,11-13H2/b7-5-,14-10-. The van der Waals surface area contributed by atoms with Gasteiger partial charge in [-0.05, 0) is 44.4 Å². The maximum atomic E-state index is 2.42. The smallest absolute Gasteiger partial charge is 0.0200 e. The molecule has 1 fully saturated rings. The Balaban J connectivity index is 1.95. The van der Waals surface area contributed by atoms with Gasteiger partial charge in [-0.2, -0.15) is 0 Å². The van der Waals surface area contributed by atoms with E-state index in [9.17, 15) is 0 Å². The third kappa shape index (κ3) is 3.52. The molecule has 0 bridgehead atoms. The summed E-state index contributed by atoms with van der Waals surface area (Å²) in [5, 5.41) is 0. The fraction of sp³-hybridized carbons (Fsp3) is 0.733. The van der Waals surface area contributed by atoms with Crippen LogP contribution in [0.2, 0.25) is 0 Å². The van der Waals surface area contributed by atoms with Crippen LogP contribution in [0.4, 0.5) is 0 Å².